The van der Waals surface area contributed by atoms with Crippen molar-refractivity contribution >= 4 is 23.1 Å². The summed E-state index contributed by atoms with van der Waals surface area (Å²) in [5.41, 5.74) is 2.48. The summed E-state index contributed by atoms with van der Waals surface area (Å²) >= 11 is 1.19. The van der Waals surface area contributed by atoms with E-state index >= 15 is 0 Å². The van der Waals surface area contributed by atoms with Gasteiger partial charge < -0.3 is 4.74 Å². The van der Waals surface area contributed by atoms with Crippen LogP contribution in [0.25, 0.3) is 11.1 Å². The van der Waals surface area contributed by atoms with E-state index < -0.39 is 0 Å². The van der Waals surface area contributed by atoms with Gasteiger partial charge in [-0.25, -0.2) is 4.79 Å². The maximum absolute atomic E-state index is 12.5. The SMILES string of the molecule is CCCC=CC(=O)Oc1ccc(-c2ccc(C(=O)c3ccc(C#N)s3)cc2)cc1. The summed E-state index contributed by atoms with van der Waals surface area (Å²) in [6.07, 6.45) is 5.08. The number of hydrogen-bond acceptors (Lipinski definition) is 5. The minimum Gasteiger partial charge on any atom is -0.423 e. The van der Waals surface area contributed by atoms with Gasteiger partial charge in [-0.1, -0.05) is 55.8 Å². The number of esters is 1. The van der Waals surface area contributed by atoms with E-state index in [-0.39, 0.29) is 11.8 Å². The average molecular weight is 401 g/mol. The van der Waals surface area contributed by atoms with Crippen molar-refractivity contribution in [3.05, 3.63) is 88.1 Å². The molecule has 0 aliphatic rings. The zero-order valence-electron chi connectivity index (χ0n) is 15.9. The molecule has 0 saturated carbocycles. The molecule has 0 aliphatic heterocycles. The van der Waals surface area contributed by atoms with Gasteiger partial charge in [0.05, 0.1) is 4.88 Å². The number of benzene rings is 2. The number of unbranched alkanes of at least 4 members (excludes halogenated alkanes) is 1. The van der Waals surface area contributed by atoms with Crippen molar-refractivity contribution in [3.8, 4) is 22.9 Å². The Balaban J connectivity index is 1.67. The first-order valence-corrected chi connectivity index (χ1v) is 10.1. The first-order valence-electron chi connectivity index (χ1n) is 9.24. The Bertz CT molecular complexity index is 1070. The summed E-state index contributed by atoms with van der Waals surface area (Å²) in [5.74, 6) is 0.00123. The number of ketones is 1. The summed E-state index contributed by atoms with van der Waals surface area (Å²) in [6.45, 7) is 2.05. The molecule has 0 amide bonds. The van der Waals surface area contributed by atoms with Gasteiger partial charge in [0, 0.05) is 11.6 Å². The van der Waals surface area contributed by atoms with Crippen molar-refractivity contribution in [1.29, 1.82) is 5.26 Å². The molecule has 0 unspecified atom stereocenters. The van der Waals surface area contributed by atoms with Crippen molar-refractivity contribution in [2.45, 2.75) is 19.8 Å². The molecule has 3 aromatic rings. The van der Waals surface area contributed by atoms with Gasteiger partial charge in [0.25, 0.3) is 0 Å². The van der Waals surface area contributed by atoms with E-state index in [1.165, 1.54) is 17.4 Å². The fourth-order valence-corrected chi connectivity index (χ4v) is 3.45. The molecule has 0 N–H and O–H groups in total. The second-order valence-corrected chi connectivity index (χ2v) is 7.40. The molecule has 0 atom stereocenters. The van der Waals surface area contributed by atoms with Gasteiger partial charge >= 0.3 is 5.97 Å². The minimum atomic E-state index is -0.387. The maximum atomic E-state index is 12.5. The highest BCUT2D eigenvalue weighted by Gasteiger charge is 2.12. The molecule has 0 saturated heterocycles. The zero-order chi connectivity index (χ0) is 20.6. The molecule has 1 heterocycles. The fraction of sp³-hybridized carbons (Fsp3) is 0.125. The Morgan fingerprint density at radius 1 is 1.00 bits per heavy atom. The van der Waals surface area contributed by atoms with Crippen LogP contribution in [0.5, 0.6) is 5.75 Å². The standard InChI is InChI=1S/C24H19NO3S/c1-2-3-4-5-23(26)28-20-12-10-18(11-13-20)17-6-8-19(9-7-17)24(27)22-15-14-21(16-25)29-22/h4-15H,2-3H2,1H3. The Hall–Kier alpha value is -3.49. The molecule has 144 valence electrons. The van der Waals surface area contributed by atoms with E-state index in [9.17, 15) is 9.59 Å². The molecule has 4 nitrogen and oxygen atoms in total. The lowest BCUT2D eigenvalue weighted by Crippen LogP contribution is -2.03. The first-order chi connectivity index (χ1) is 14.1. The summed E-state index contributed by atoms with van der Waals surface area (Å²) in [6, 6.07) is 19.9. The number of nitriles is 1. The van der Waals surface area contributed by atoms with Crippen LogP contribution in [0, 0.1) is 11.3 Å². The van der Waals surface area contributed by atoms with Gasteiger partial charge in [-0.15, -0.1) is 11.3 Å². The van der Waals surface area contributed by atoms with Gasteiger partial charge in [-0.2, -0.15) is 5.26 Å². The largest absolute Gasteiger partial charge is 0.423 e. The van der Waals surface area contributed by atoms with E-state index in [0.29, 0.717) is 21.1 Å². The third-order valence-corrected chi connectivity index (χ3v) is 5.19. The predicted octanol–water partition coefficient (Wildman–Crippen LogP) is 5.78. The topological polar surface area (TPSA) is 67.2 Å². The summed E-state index contributed by atoms with van der Waals surface area (Å²) in [5, 5.41) is 8.90. The van der Waals surface area contributed by atoms with Crippen LogP contribution >= 0.6 is 11.3 Å². The maximum Gasteiger partial charge on any atom is 0.335 e. The highest BCUT2D eigenvalue weighted by atomic mass is 32.1. The van der Waals surface area contributed by atoms with Crippen LogP contribution in [0.4, 0.5) is 0 Å². The van der Waals surface area contributed by atoms with E-state index in [1.807, 2.05) is 37.3 Å². The van der Waals surface area contributed by atoms with Gasteiger partial charge in [0.1, 0.15) is 16.7 Å². The molecule has 0 spiro atoms. The van der Waals surface area contributed by atoms with Crippen molar-refractivity contribution in [2.75, 3.05) is 0 Å². The first kappa shape index (κ1) is 20.2. The molecule has 0 fully saturated rings. The summed E-state index contributed by atoms with van der Waals surface area (Å²) in [7, 11) is 0. The monoisotopic (exact) mass is 401 g/mol. The number of hydrogen-bond donors (Lipinski definition) is 0. The molecule has 2 aromatic carbocycles. The Labute approximate surface area is 173 Å². The van der Waals surface area contributed by atoms with Crippen LogP contribution in [0.1, 0.15) is 39.9 Å². The van der Waals surface area contributed by atoms with Crippen LogP contribution in [0.15, 0.2) is 72.8 Å². The number of carbonyl (C=O) groups is 2. The van der Waals surface area contributed by atoms with Crippen LogP contribution in [0.3, 0.4) is 0 Å². The average Bonchev–Trinajstić information content (AvgIpc) is 3.23. The van der Waals surface area contributed by atoms with Crippen LogP contribution in [-0.4, -0.2) is 11.8 Å². The van der Waals surface area contributed by atoms with Crippen LogP contribution < -0.4 is 4.74 Å². The van der Waals surface area contributed by atoms with E-state index in [1.54, 1.807) is 42.5 Å². The molecule has 1 aromatic heterocycles. The summed E-state index contributed by atoms with van der Waals surface area (Å²) < 4.78 is 5.27. The summed E-state index contributed by atoms with van der Waals surface area (Å²) in [4.78, 5) is 25.3. The molecule has 5 heteroatoms. The predicted molar refractivity (Wildman–Crippen MR) is 114 cm³/mol. The van der Waals surface area contributed by atoms with Gasteiger partial charge in [0.15, 0.2) is 0 Å². The highest BCUT2D eigenvalue weighted by molar-refractivity contribution is 7.14. The van der Waals surface area contributed by atoms with Gasteiger partial charge in [-0.05, 0) is 41.8 Å². The fourth-order valence-electron chi connectivity index (χ4n) is 2.69. The zero-order valence-corrected chi connectivity index (χ0v) is 16.7. The third-order valence-electron chi connectivity index (χ3n) is 4.20. The van der Waals surface area contributed by atoms with E-state index in [2.05, 4.69) is 0 Å². The van der Waals surface area contributed by atoms with Crippen molar-refractivity contribution < 1.29 is 14.3 Å². The Morgan fingerprint density at radius 3 is 2.24 bits per heavy atom. The highest BCUT2D eigenvalue weighted by Crippen LogP contribution is 2.25. The number of allylic oxidation sites excluding steroid dienone is 1. The number of rotatable bonds is 7. The van der Waals surface area contributed by atoms with Crippen molar-refractivity contribution in [2.24, 2.45) is 0 Å². The number of thiophene rings is 1. The molecule has 0 bridgehead atoms. The smallest absolute Gasteiger partial charge is 0.335 e. The Morgan fingerprint density at radius 2 is 1.66 bits per heavy atom. The quantitative estimate of drug-likeness (QED) is 0.218. The second kappa shape index (κ2) is 9.63. The lowest BCUT2D eigenvalue weighted by Gasteiger charge is -2.06. The van der Waals surface area contributed by atoms with E-state index in [0.717, 1.165) is 24.0 Å². The molecular formula is C24H19NO3S. The van der Waals surface area contributed by atoms with Crippen molar-refractivity contribution in [1.82, 2.24) is 0 Å². The number of carbonyl (C=O) groups excluding carboxylic acids is 2. The number of ether oxygens (including phenoxy) is 1. The molecule has 3 rings (SSSR count). The third kappa shape index (κ3) is 5.28. The molecule has 0 radical (unpaired) electrons. The molecule has 29 heavy (non-hydrogen) atoms. The van der Waals surface area contributed by atoms with E-state index in [4.69, 9.17) is 10.00 Å². The lowest BCUT2D eigenvalue weighted by atomic mass is 10.0. The normalized spacial score (nSPS) is 10.6. The van der Waals surface area contributed by atoms with Crippen molar-refractivity contribution in [3.63, 3.8) is 0 Å². The lowest BCUT2D eigenvalue weighted by molar-refractivity contribution is -0.129. The second-order valence-electron chi connectivity index (χ2n) is 6.32. The molecule has 0 aliphatic carbocycles. The van der Waals surface area contributed by atoms with Gasteiger partial charge in [-0.3, -0.25) is 4.79 Å². The molecular weight excluding hydrogens is 382 g/mol. The van der Waals surface area contributed by atoms with Crippen LogP contribution in [-0.2, 0) is 4.79 Å². The number of nitrogens with zero attached hydrogens (tertiary/aromatic N) is 1. The van der Waals surface area contributed by atoms with Crippen LogP contribution in [0.2, 0.25) is 0 Å². The van der Waals surface area contributed by atoms with Gasteiger partial charge in [0.2, 0.25) is 5.78 Å². The minimum absolute atomic E-state index is 0.0959. The Kier molecular flexibility index (Phi) is 6.72.